The SMILES string of the molecule is CCCc1c(C(=O)OC)nnn1C1CCCCCC1. The van der Waals surface area contributed by atoms with Crippen LogP contribution in [0.3, 0.4) is 0 Å². The molecule has 0 N–H and O–H groups in total. The third-order valence-electron chi connectivity index (χ3n) is 3.83. The average Bonchev–Trinajstić information content (AvgIpc) is 2.66. The maximum Gasteiger partial charge on any atom is 0.360 e. The van der Waals surface area contributed by atoms with Crippen molar-refractivity contribution >= 4 is 5.97 Å². The molecule has 2 rings (SSSR count). The van der Waals surface area contributed by atoms with Crippen LogP contribution in [0.2, 0.25) is 0 Å². The molecule has 1 aliphatic rings. The highest BCUT2D eigenvalue weighted by atomic mass is 16.5. The molecule has 0 unspecified atom stereocenters. The Morgan fingerprint density at radius 1 is 1.32 bits per heavy atom. The first-order chi connectivity index (χ1) is 9.27. The molecule has 0 bridgehead atoms. The topological polar surface area (TPSA) is 57.0 Å². The molecule has 106 valence electrons. The zero-order valence-electron chi connectivity index (χ0n) is 11.9. The van der Waals surface area contributed by atoms with Crippen LogP contribution in [-0.4, -0.2) is 28.1 Å². The van der Waals surface area contributed by atoms with Crippen molar-refractivity contribution < 1.29 is 9.53 Å². The van der Waals surface area contributed by atoms with Gasteiger partial charge in [0.2, 0.25) is 0 Å². The van der Waals surface area contributed by atoms with Gasteiger partial charge in [-0.3, -0.25) is 0 Å². The standard InChI is InChI=1S/C14H23N3O2/c1-3-8-12-13(14(18)19-2)15-16-17(12)11-9-6-4-5-7-10-11/h11H,3-10H2,1-2H3. The number of nitrogens with zero attached hydrogens (tertiary/aromatic N) is 3. The molecule has 1 aromatic rings. The number of carbonyl (C=O) groups excluding carboxylic acids is 1. The van der Waals surface area contributed by atoms with Gasteiger partial charge in [0.15, 0.2) is 5.69 Å². The first-order valence-electron chi connectivity index (χ1n) is 7.30. The fourth-order valence-electron chi connectivity index (χ4n) is 2.83. The van der Waals surface area contributed by atoms with Crippen LogP contribution in [0.15, 0.2) is 0 Å². The van der Waals surface area contributed by atoms with Gasteiger partial charge in [-0.05, 0) is 19.3 Å². The van der Waals surface area contributed by atoms with E-state index in [4.69, 9.17) is 4.74 Å². The Labute approximate surface area is 114 Å². The molecular weight excluding hydrogens is 242 g/mol. The van der Waals surface area contributed by atoms with Crippen molar-refractivity contribution in [2.75, 3.05) is 7.11 Å². The maximum atomic E-state index is 11.7. The number of rotatable bonds is 4. The molecule has 1 aromatic heterocycles. The monoisotopic (exact) mass is 265 g/mol. The summed E-state index contributed by atoms with van der Waals surface area (Å²) in [7, 11) is 1.39. The molecule has 0 spiro atoms. The normalized spacial score (nSPS) is 17.2. The van der Waals surface area contributed by atoms with Crippen molar-refractivity contribution in [3.8, 4) is 0 Å². The minimum Gasteiger partial charge on any atom is -0.464 e. The summed E-state index contributed by atoms with van der Waals surface area (Å²) < 4.78 is 6.78. The van der Waals surface area contributed by atoms with E-state index in [9.17, 15) is 4.79 Å². The van der Waals surface area contributed by atoms with Gasteiger partial charge in [0.1, 0.15) is 0 Å². The lowest BCUT2D eigenvalue weighted by molar-refractivity contribution is 0.0592. The second-order valence-corrected chi connectivity index (χ2v) is 5.22. The zero-order chi connectivity index (χ0) is 13.7. The van der Waals surface area contributed by atoms with Crippen molar-refractivity contribution in [3.05, 3.63) is 11.4 Å². The van der Waals surface area contributed by atoms with Crippen LogP contribution in [-0.2, 0) is 11.2 Å². The Balaban J connectivity index is 2.27. The van der Waals surface area contributed by atoms with E-state index >= 15 is 0 Å². The van der Waals surface area contributed by atoms with Crippen LogP contribution in [0.5, 0.6) is 0 Å². The lowest BCUT2D eigenvalue weighted by Crippen LogP contribution is -2.15. The van der Waals surface area contributed by atoms with E-state index < -0.39 is 0 Å². The van der Waals surface area contributed by atoms with Gasteiger partial charge in [-0.25, -0.2) is 9.48 Å². The minimum atomic E-state index is -0.372. The van der Waals surface area contributed by atoms with Gasteiger partial charge >= 0.3 is 5.97 Å². The van der Waals surface area contributed by atoms with Crippen molar-refractivity contribution in [3.63, 3.8) is 0 Å². The number of hydrogen-bond donors (Lipinski definition) is 0. The molecule has 0 aliphatic heterocycles. The van der Waals surface area contributed by atoms with E-state index in [0.29, 0.717) is 11.7 Å². The number of hydrogen-bond acceptors (Lipinski definition) is 4. The summed E-state index contributed by atoms with van der Waals surface area (Å²) in [5, 5.41) is 8.28. The highest BCUT2D eigenvalue weighted by molar-refractivity contribution is 5.88. The molecule has 5 nitrogen and oxygen atoms in total. The smallest absolute Gasteiger partial charge is 0.360 e. The first-order valence-corrected chi connectivity index (χ1v) is 7.30. The van der Waals surface area contributed by atoms with E-state index in [2.05, 4.69) is 17.2 Å². The second-order valence-electron chi connectivity index (χ2n) is 5.22. The lowest BCUT2D eigenvalue weighted by atomic mass is 10.1. The summed E-state index contributed by atoms with van der Waals surface area (Å²) in [4.78, 5) is 11.7. The van der Waals surface area contributed by atoms with Gasteiger partial charge in [-0.2, -0.15) is 0 Å². The number of carbonyl (C=O) groups is 1. The van der Waals surface area contributed by atoms with Gasteiger partial charge in [-0.15, -0.1) is 5.10 Å². The van der Waals surface area contributed by atoms with Gasteiger partial charge < -0.3 is 4.74 Å². The maximum absolute atomic E-state index is 11.7. The fourth-order valence-corrected chi connectivity index (χ4v) is 2.83. The molecule has 0 aromatic carbocycles. The van der Waals surface area contributed by atoms with Crippen LogP contribution >= 0.6 is 0 Å². The van der Waals surface area contributed by atoms with Crippen LogP contribution in [0, 0.1) is 0 Å². The van der Waals surface area contributed by atoms with E-state index in [1.54, 1.807) is 0 Å². The molecule has 1 heterocycles. The van der Waals surface area contributed by atoms with Crippen LogP contribution in [0.1, 0.15) is 74.1 Å². The molecule has 5 heteroatoms. The molecule has 0 saturated heterocycles. The largest absolute Gasteiger partial charge is 0.464 e. The summed E-state index contributed by atoms with van der Waals surface area (Å²) in [6.07, 6.45) is 9.17. The molecule has 0 amide bonds. The Kier molecular flexibility index (Phi) is 4.93. The Morgan fingerprint density at radius 3 is 2.58 bits per heavy atom. The Bertz CT molecular complexity index is 420. The number of methoxy groups -OCH3 is 1. The third-order valence-corrected chi connectivity index (χ3v) is 3.83. The molecular formula is C14H23N3O2. The quantitative estimate of drug-likeness (QED) is 0.620. The summed E-state index contributed by atoms with van der Waals surface area (Å²) in [5.41, 5.74) is 1.34. The van der Waals surface area contributed by atoms with Crippen molar-refractivity contribution in [2.45, 2.75) is 64.3 Å². The predicted molar refractivity (Wildman–Crippen MR) is 72.1 cm³/mol. The number of esters is 1. The summed E-state index contributed by atoms with van der Waals surface area (Å²) >= 11 is 0. The average molecular weight is 265 g/mol. The van der Waals surface area contributed by atoms with Gasteiger partial charge in [0.25, 0.3) is 0 Å². The van der Waals surface area contributed by atoms with Crippen molar-refractivity contribution in [2.24, 2.45) is 0 Å². The van der Waals surface area contributed by atoms with Crippen molar-refractivity contribution in [1.82, 2.24) is 15.0 Å². The van der Waals surface area contributed by atoms with E-state index in [0.717, 1.165) is 31.4 Å². The van der Waals surface area contributed by atoms with E-state index in [1.807, 2.05) is 4.68 Å². The van der Waals surface area contributed by atoms with E-state index in [1.165, 1.54) is 32.8 Å². The number of ether oxygens (including phenoxy) is 1. The molecule has 1 aliphatic carbocycles. The molecule has 1 saturated carbocycles. The summed E-state index contributed by atoms with van der Waals surface area (Å²) in [6, 6.07) is 0.398. The van der Waals surface area contributed by atoms with Gasteiger partial charge in [0, 0.05) is 0 Å². The predicted octanol–water partition coefficient (Wildman–Crippen LogP) is 2.91. The van der Waals surface area contributed by atoms with Crippen LogP contribution in [0.4, 0.5) is 0 Å². The molecule has 1 fully saturated rings. The Morgan fingerprint density at radius 2 is 2.00 bits per heavy atom. The Hall–Kier alpha value is -1.39. The molecule has 0 atom stereocenters. The highest BCUT2D eigenvalue weighted by Crippen LogP contribution is 2.28. The van der Waals surface area contributed by atoms with E-state index in [-0.39, 0.29) is 5.97 Å². The minimum absolute atomic E-state index is 0.372. The lowest BCUT2D eigenvalue weighted by Gasteiger charge is -2.17. The summed E-state index contributed by atoms with van der Waals surface area (Å²) in [5.74, 6) is -0.372. The summed E-state index contributed by atoms with van der Waals surface area (Å²) in [6.45, 7) is 2.10. The van der Waals surface area contributed by atoms with Crippen molar-refractivity contribution in [1.29, 1.82) is 0 Å². The third kappa shape index (κ3) is 3.14. The van der Waals surface area contributed by atoms with Gasteiger partial charge in [0.05, 0.1) is 18.8 Å². The molecule has 19 heavy (non-hydrogen) atoms. The first kappa shape index (κ1) is 14.0. The zero-order valence-corrected chi connectivity index (χ0v) is 11.9. The van der Waals surface area contributed by atoms with Crippen LogP contribution in [0.25, 0.3) is 0 Å². The van der Waals surface area contributed by atoms with Gasteiger partial charge in [-0.1, -0.05) is 44.2 Å². The fraction of sp³-hybridized carbons (Fsp3) is 0.786. The van der Waals surface area contributed by atoms with Crippen LogP contribution < -0.4 is 0 Å². The highest BCUT2D eigenvalue weighted by Gasteiger charge is 2.24. The number of aromatic nitrogens is 3. The second kappa shape index (κ2) is 6.68. The molecule has 0 radical (unpaired) electrons.